The molecular weight excluding hydrogens is 534 g/mol. The maximum atomic E-state index is 14.6. The van der Waals surface area contributed by atoms with Crippen molar-refractivity contribution >= 4 is 41.0 Å². The largest absolute Gasteiger partial charge is 0.341 e. The molecule has 0 bridgehead atoms. The van der Waals surface area contributed by atoms with Gasteiger partial charge in [-0.1, -0.05) is 12.1 Å². The number of carbonyl (C=O) groups excluding carboxylic acids is 2. The summed E-state index contributed by atoms with van der Waals surface area (Å²) in [5.74, 6) is -6.47. The number of hydrogen-bond donors (Lipinski definition) is 0. The van der Waals surface area contributed by atoms with E-state index in [2.05, 4.69) is 9.97 Å². The van der Waals surface area contributed by atoms with Crippen LogP contribution in [0, 0.1) is 4.77 Å². The van der Waals surface area contributed by atoms with Crippen molar-refractivity contribution in [3.8, 4) is 0 Å². The van der Waals surface area contributed by atoms with E-state index in [9.17, 15) is 27.2 Å². The Hall–Kier alpha value is -3.27. The van der Waals surface area contributed by atoms with Crippen molar-refractivity contribution in [1.82, 2.24) is 19.1 Å². The molecule has 3 fully saturated rings. The van der Waals surface area contributed by atoms with Crippen LogP contribution in [0.15, 0.2) is 30.6 Å². The van der Waals surface area contributed by atoms with Gasteiger partial charge in [0.05, 0.1) is 17.5 Å². The monoisotopic (exact) mass is 551 g/mol. The summed E-state index contributed by atoms with van der Waals surface area (Å²) in [6.45, 7) is -0.182. The van der Waals surface area contributed by atoms with Crippen molar-refractivity contribution in [3.63, 3.8) is 0 Å². The van der Waals surface area contributed by atoms with Crippen molar-refractivity contribution in [3.05, 3.63) is 46.5 Å². The average molecular weight is 551 g/mol. The standard InChI is InChI=1S/C23H17F4N5O5S/c1-21(2)35-12-13(36-21)22(7-23(22,26)27)37-18(12)32-15-11(30(19(24)25)20(32)38)14(28-8-29-15)31-16(33)9-5-3-4-6-10(9)17(31)34/h3-6,8,12-13,18-19H,7H2,1-2H3/t12-,13+,18-,22?/m1/s1. The van der Waals surface area contributed by atoms with Gasteiger partial charge < -0.3 is 14.2 Å². The number of ether oxygens (including phenoxy) is 3. The van der Waals surface area contributed by atoms with Crippen molar-refractivity contribution < 1.29 is 41.4 Å². The Labute approximate surface area is 215 Å². The number of imidazole rings is 1. The third-order valence-corrected chi connectivity index (χ3v) is 7.69. The summed E-state index contributed by atoms with van der Waals surface area (Å²) >= 11 is 5.36. The molecule has 1 spiro atoms. The van der Waals surface area contributed by atoms with Gasteiger partial charge in [0, 0.05) is 0 Å². The molecule has 3 aliphatic heterocycles. The molecule has 1 aromatic carbocycles. The van der Waals surface area contributed by atoms with Crippen LogP contribution in [0.4, 0.5) is 23.4 Å². The molecule has 0 N–H and O–H groups in total. The Morgan fingerprint density at radius 1 is 1.05 bits per heavy atom. The molecule has 7 rings (SSSR count). The van der Waals surface area contributed by atoms with Gasteiger partial charge in [-0.3, -0.25) is 18.7 Å². The predicted octanol–water partition coefficient (Wildman–Crippen LogP) is 3.98. The van der Waals surface area contributed by atoms with Crippen LogP contribution in [0.3, 0.4) is 0 Å². The predicted molar refractivity (Wildman–Crippen MR) is 121 cm³/mol. The van der Waals surface area contributed by atoms with Crippen LogP contribution in [0.2, 0.25) is 0 Å². The minimum Gasteiger partial charge on any atom is -0.341 e. The van der Waals surface area contributed by atoms with Crippen LogP contribution in [0.25, 0.3) is 11.2 Å². The first-order valence-corrected chi connectivity index (χ1v) is 11.9. The molecule has 1 aliphatic carbocycles. The number of aromatic nitrogens is 4. The second-order valence-corrected chi connectivity index (χ2v) is 10.3. The molecule has 1 saturated carbocycles. The quantitative estimate of drug-likeness (QED) is 0.274. The van der Waals surface area contributed by atoms with Gasteiger partial charge in [0.1, 0.15) is 24.1 Å². The molecule has 3 aromatic rings. The second kappa shape index (κ2) is 7.22. The summed E-state index contributed by atoms with van der Waals surface area (Å²) in [5.41, 5.74) is -2.57. The Bertz CT molecular complexity index is 1600. The van der Waals surface area contributed by atoms with E-state index in [0.29, 0.717) is 9.47 Å². The lowest BCUT2D eigenvalue weighted by atomic mass is 10.1. The van der Waals surface area contributed by atoms with E-state index in [-0.39, 0.29) is 16.8 Å². The maximum absolute atomic E-state index is 14.6. The van der Waals surface area contributed by atoms with E-state index in [0.717, 1.165) is 10.9 Å². The number of fused-ring (bicyclic) bond motifs is 4. The fraction of sp³-hybridized carbons (Fsp3) is 0.435. The summed E-state index contributed by atoms with van der Waals surface area (Å²) in [5, 5.41) is 0. The molecule has 2 amide bonds. The van der Waals surface area contributed by atoms with Gasteiger partial charge in [-0.15, -0.1) is 0 Å². The molecule has 1 unspecified atom stereocenters. The van der Waals surface area contributed by atoms with Gasteiger partial charge in [-0.05, 0) is 38.2 Å². The van der Waals surface area contributed by atoms with Gasteiger partial charge >= 0.3 is 6.55 Å². The number of carbonyl (C=O) groups is 2. The topological polar surface area (TPSA) is 101 Å². The van der Waals surface area contributed by atoms with Crippen molar-refractivity contribution in [2.45, 2.75) is 62.6 Å². The minimum atomic E-state index is -3.27. The molecule has 4 atom stereocenters. The highest BCUT2D eigenvalue weighted by atomic mass is 32.1. The lowest BCUT2D eigenvalue weighted by Crippen LogP contribution is -2.35. The molecular formula is C23H17F4N5O5S. The summed E-state index contributed by atoms with van der Waals surface area (Å²) in [6, 6.07) is 5.98. The fourth-order valence-electron chi connectivity index (χ4n) is 5.64. The molecule has 2 aromatic heterocycles. The average Bonchev–Trinajstić information content (AvgIpc) is 3.16. The number of halogens is 4. The summed E-state index contributed by atoms with van der Waals surface area (Å²) in [7, 11) is 0. The van der Waals surface area contributed by atoms with Crippen LogP contribution >= 0.6 is 12.2 Å². The Morgan fingerprint density at radius 2 is 1.68 bits per heavy atom. The van der Waals surface area contributed by atoms with E-state index in [1.54, 1.807) is 26.0 Å². The number of amides is 2. The highest BCUT2D eigenvalue weighted by Crippen LogP contribution is 2.67. The lowest BCUT2D eigenvalue weighted by Gasteiger charge is -2.25. The van der Waals surface area contributed by atoms with Crippen molar-refractivity contribution in [2.24, 2.45) is 0 Å². The Balaban J connectivity index is 1.44. The zero-order chi connectivity index (χ0) is 26.9. The first-order valence-electron chi connectivity index (χ1n) is 11.5. The number of anilines is 1. The van der Waals surface area contributed by atoms with Gasteiger partial charge in [0.25, 0.3) is 17.7 Å². The van der Waals surface area contributed by atoms with E-state index < -0.39 is 76.6 Å². The summed E-state index contributed by atoms with van der Waals surface area (Å²) in [6.07, 6.45) is -3.45. The first kappa shape index (κ1) is 23.8. The lowest BCUT2D eigenvalue weighted by molar-refractivity contribution is -0.213. The molecule has 0 radical (unpaired) electrons. The normalized spacial score (nSPS) is 30.6. The molecule has 198 valence electrons. The van der Waals surface area contributed by atoms with E-state index in [4.69, 9.17) is 26.4 Å². The van der Waals surface area contributed by atoms with Gasteiger partial charge in [-0.25, -0.2) is 23.6 Å². The fourth-order valence-corrected chi connectivity index (χ4v) is 6.00. The SMILES string of the molecule is CC1(C)O[C@H]2[C@H](n3c(=S)n(C(F)F)c4c(N5C(=O)c6ccccc6C5=O)ncnc43)OC3(CC3(F)F)[C@H]2O1. The van der Waals surface area contributed by atoms with Gasteiger partial charge in [0.2, 0.25) is 0 Å². The number of alkyl halides is 4. The number of benzene rings is 1. The van der Waals surface area contributed by atoms with Gasteiger partial charge in [0.15, 0.2) is 33.9 Å². The zero-order valence-corrected chi connectivity index (χ0v) is 20.4. The van der Waals surface area contributed by atoms with E-state index in [1.807, 2.05) is 0 Å². The number of nitrogens with zero attached hydrogens (tertiary/aromatic N) is 5. The van der Waals surface area contributed by atoms with Crippen LogP contribution in [0.5, 0.6) is 0 Å². The highest BCUT2D eigenvalue weighted by Gasteiger charge is 2.84. The zero-order valence-electron chi connectivity index (χ0n) is 19.6. The van der Waals surface area contributed by atoms with Crippen LogP contribution in [-0.4, -0.2) is 60.4 Å². The number of rotatable bonds is 3. The van der Waals surface area contributed by atoms with E-state index >= 15 is 0 Å². The van der Waals surface area contributed by atoms with Crippen LogP contribution < -0.4 is 4.90 Å². The van der Waals surface area contributed by atoms with Crippen molar-refractivity contribution in [2.75, 3.05) is 4.90 Å². The highest BCUT2D eigenvalue weighted by molar-refractivity contribution is 7.71. The first-order chi connectivity index (χ1) is 17.9. The third-order valence-electron chi connectivity index (χ3n) is 7.30. The van der Waals surface area contributed by atoms with Gasteiger partial charge in [-0.2, -0.15) is 8.78 Å². The second-order valence-electron chi connectivity index (χ2n) is 9.96. The summed E-state index contributed by atoms with van der Waals surface area (Å²) in [4.78, 5) is 35.0. The Kier molecular flexibility index (Phi) is 4.53. The molecule has 4 aliphatic rings. The number of imide groups is 1. The Morgan fingerprint density at radius 3 is 2.26 bits per heavy atom. The van der Waals surface area contributed by atoms with Crippen molar-refractivity contribution in [1.29, 1.82) is 0 Å². The molecule has 5 heterocycles. The number of hydrogen-bond acceptors (Lipinski definition) is 8. The molecule has 10 nitrogen and oxygen atoms in total. The molecule has 38 heavy (non-hydrogen) atoms. The van der Waals surface area contributed by atoms with Crippen LogP contribution in [0.1, 0.15) is 53.8 Å². The summed E-state index contributed by atoms with van der Waals surface area (Å²) < 4.78 is 76.4. The van der Waals surface area contributed by atoms with Crippen LogP contribution in [-0.2, 0) is 14.2 Å². The third kappa shape index (κ3) is 2.84. The van der Waals surface area contributed by atoms with E-state index in [1.165, 1.54) is 12.1 Å². The minimum absolute atomic E-state index is 0.0736. The smallest absolute Gasteiger partial charge is 0.321 e. The maximum Gasteiger partial charge on any atom is 0.321 e. The molecule has 2 saturated heterocycles. The molecule has 15 heteroatoms.